The minimum absolute atomic E-state index is 0.0773. The van der Waals surface area contributed by atoms with E-state index in [1.165, 1.54) is 19.4 Å². The van der Waals surface area contributed by atoms with E-state index < -0.39 is 0 Å². The van der Waals surface area contributed by atoms with E-state index in [1.807, 2.05) is 11.8 Å². The van der Waals surface area contributed by atoms with Crippen LogP contribution in [-0.2, 0) is 9.53 Å². The summed E-state index contributed by atoms with van der Waals surface area (Å²) in [6.07, 6.45) is 3.52. The Kier molecular flexibility index (Phi) is 5.60. The van der Waals surface area contributed by atoms with Gasteiger partial charge in [-0.1, -0.05) is 0 Å². The highest BCUT2D eigenvalue weighted by molar-refractivity contribution is 5.81. The summed E-state index contributed by atoms with van der Waals surface area (Å²) in [5, 5.41) is 3.52. The topological polar surface area (TPSA) is 44.8 Å². The van der Waals surface area contributed by atoms with Gasteiger partial charge in [-0.3, -0.25) is 4.79 Å². The van der Waals surface area contributed by atoms with Crippen molar-refractivity contribution in [1.82, 2.24) is 15.1 Å². The van der Waals surface area contributed by atoms with Gasteiger partial charge in [0.15, 0.2) is 0 Å². The molecule has 0 bridgehead atoms. The summed E-state index contributed by atoms with van der Waals surface area (Å²) in [7, 11) is 2.17. The van der Waals surface area contributed by atoms with E-state index in [0.29, 0.717) is 19.3 Å². The summed E-state index contributed by atoms with van der Waals surface area (Å²) in [5.74, 6) is 0.223. The molecule has 5 nitrogen and oxygen atoms in total. The molecule has 2 unspecified atom stereocenters. The average molecular weight is 269 g/mol. The molecule has 5 heteroatoms. The minimum atomic E-state index is -0.0773. The first kappa shape index (κ1) is 14.8. The number of carbonyl (C=O) groups excluding carboxylic acids is 1. The zero-order chi connectivity index (χ0) is 13.7. The van der Waals surface area contributed by atoms with Crippen LogP contribution in [0.25, 0.3) is 0 Å². The summed E-state index contributed by atoms with van der Waals surface area (Å²) in [6.45, 7) is 7.10. The van der Waals surface area contributed by atoms with Crippen LogP contribution < -0.4 is 5.32 Å². The molecule has 1 N–H and O–H groups in total. The zero-order valence-corrected chi connectivity index (χ0v) is 12.2. The largest absolute Gasteiger partial charge is 0.378 e. The van der Waals surface area contributed by atoms with Gasteiger partial charge in [0.1, 0.15) is 0 Å². The van der Waals surface area contributed by atoms with Gasteiger partial charge in [0, 0.05) is 19.1 Å². The van der Waals surface area contributed by atoms with Gasteiger partial charge in [-0.05, 0) is 46.3 Å². The maximum Gasteiger partial charge on any atom is 0.239 e. The highest BCUT2D eigenvalue weighted by atomic mass is 16.5. The molecule has 0 aromatic heterocycles. The second kappa shape index (κ2) is 7.22. The molecule has 2 aliphatic rings. The molecular weight excluding hydrogens is 242 g/mol. The predicted octanol–water partition coefficient (Wildman–Crippen LogP) is 0.308. The number of nitrogens with zero attached hydrogens (tertiary/aromatic N) is 2. The third-order valence-electron chi connectivity index (χ3n) is 4.13. The van der Waals surface area contributed by atoms with Crippen LogP contribution in [0.2, 0.25) is 0 Å². The maximum absolute atomic E-state index is 12.3. The molecule has 2 saturated heterocycles. The molecule has 0 radical (unpaired) electrons. The third kappa shape index (κ3) is 4.44. The Hall–Kier alpha value is -0.650. The van der Waals surface area contributed by atoms with Crippen LogP contribution in [0, 0.1) is 0 Å². The third-order valence-corrected chi connectivity index (χ3v) is 4.13. The Labute approximate surface area is 116 Å². The molecule has 19 heavy (non-hydrogen) atoms. The van der Waals surface area contributed by atoms with Crippen LogP contribution in [0.1, 0.15) is 26.2 Å². The van der Waals surface area contributed by atoms with Crippen molar-refractivity contribution in [1.29, 1.82) is 0 Å². The second-order valence-electron chi connectivity index (χ2n) is 5.76. The van der Waals surface area contributed by atoms with Gasteiger partial charge in [-0.2, -0.15) is 0 Å². The molecule has 0 aromatic rings. The summed E-state index contributed by atoms with van der Waals surface area (Å²) in [6, 6.07) is 0.399. The number of carbonyl (C=O) groups is 1. The smallest absolute Gasteiger partial charge is 0.239 e. The fourth-order valence-corrected chi connectivity index (χ4v) is 2.89. The first-order valence-corrected chi connectivity index (χ1v) is 7.48. The van der Waals surface area contributed by atoms with Crippen molar-refractivity contribution in [3.63, 3.8) is 0 Å². The van der Waals surface area contributed by atoms with Crippen LogP contribution in [0.3, 0.4) is 0 Å². The Morgan fingerprint density at radius 3 is 2.68 bits per heavy atom. The van der Waals surface area contributed by atoms with Gasteiger partial charge in [0.25, 0.3) is 0 Å². The second-order valence-corrected chi connectivity index (χ2v) is 5.76. The zero-order valence-electron chi connectivity index (χ0n) is 12.2. The van der Waals surface area contributed by atoms with E-state index in [1.54, 1.807) is 0 Å². The summed E-state index contributed by atoms with van der Waals surface area (Å²) in [4.78, 5) is 16.6. The number of nitrogens with one attached hydrogen (secondary N) is 1. The van der Waals surface area contributed by atoms with Gasteiger partial charge in [-0.25, -0.2) is 0 Å². The van der Waals surface area contributed by atoms with Crippen LogP contribution >= 0.6 is 0 Å². The van der Waals surface area contributed by atoms with Crippen molar-refractivity contribution >= 4 is 5.91 Å². The molecule has 1 amide bonds. The lowest BCUT2D eigenvalue weighted by Gasteiger charge is -2.31. The highest BCUT2D eigenvalue weighted by Crippen LogP contribution is 2.11. The van der Waals surface area contributed by atoms with Crippen molar-refractivity contribution in [3.05, 3.63) is 0 Å². The molecule has 2 fully saturated rings. The fourth-order valence-electron chi connectivity index (χ4n) is 2.89. The SMILES string of the molecule is CC(NC1CCCN(C)CC1)C(=O)N1CCOCC1. The van der Waals surface area contributed by atoms with E-state index >= 15 is 0 Å². The normalized spacial score (nSPS) is 27.9. The molecule has 2 heterocycles. The maximum atomic E-state index is 12.3. The average Bonchev–Trinajstić information content (AvgIpc) is 2.64. The van der Waals surface area contributed by atoms with E-state index in [4.69, 9.17) is 4.74 Å². The number of rotatable bonds is 3. The van der Waals surface area contributed by atoms with Crippen molar-refractivity contribution in [2.45, 2.75) is 38.3 Å². The van der Waals surface area contributed by atoms with E-state index in [-0.39, 0.29) is 11.9 Å². The van der Waals surface area contributed by atoms with Crippen molar-refractivity contribution in [2.75, 3.05) is 46.4 Å². The van der Waals surface area contributed by atoms with Crippen LogP contribution in [-0.4, -0.2) is 74.2 Å². The highest BCUT2D eigenvalue weighted by Gasteiger charge is 2.25. The van der Waals surface area contributed by atoms with Crippen molar-refractivity contribution in [2.24, 2.45) is 0 Å². The van der Waals surface area contributed by atoms with Gasteiger partial charge in [0.05, 0.1) is 19.3 Å². The molecular formula is C14H27N3O2. The van der Waals surface area contributed by atoms with Gasteiger partial charge in [-0.15, -0.1) is 0 Å². The van der Waals surface area contributed by atoms with Crippen LogP contribution in [0.15, 0.2) is 0 Å². The van der Waals surface area contributed by atoms with E-state index in [0.717, 1.165) is 26.1 Å². The van der Waals surface area contributed by atoms with E-state index in [2.05, 4.69) is 17.3 Å². The first-order chi connectivity index (χ1) is 9.16. The minimum Gasteiger partial charge on any atom is -0.378 e. The van der Waals surface area contributed by atoms with E-state index in [9.17, 15) is 4.79 Å². The van der Waals surface area contributed by atoms with Gasteiger partial charge < -0.3 is 19.9 Å². The predicted molar refractivity (Wildman–Crippen MR) is 75.1 cm³/mol. The summed E-state index contributed by atoms with van der Waals surface area (Å²) < 4.78 is 5.29. The Morgan fingerprint density at radius 2 is 1.95 bits per heavy atom. The lowest BCUT2D eigenvalue weighted by molar-refractivity contribution is -0.137. The first-order valence-electron chi connectivity index (χ1n) is 7.48. The molecule has 110 valence electrons. The molecule has 2 atom stereocenters. The number of hydrogen-bond acceptors (Lipinski definition) is 4. The molecule has 0 spiro atoms. The molecule has 0 aromatic carbocycles. The number of likely N-dealkylation sites (tertiary alicyclic amines) is 1. The van der Waals surface area contributed by atoms with Crippen molar-refractivity contribution < 1.29 is 9.53 Å². The van der Waals surface area contributed by atoms with Gasteiger partial charge >= 0.3 is 0 Å². The van der Waals surface area contributed by atoms with Gasteiger partial charge in [0.2, 0.25) is 5.91 Å². The monoisotopic (exact) mass is 269 g/mol. The lowest BCUT2D eigenvalue weighted by Crippen LogP contribution is -2.51. The quantitative estimate of drug-likeness (QED) is 0.801. The number of ether oxygens (including phenoxy) is 1. The Bertz CT molecular complexity index is 292. The molecule has 0 aliphatic carbocycles. The van der Waals surface area contributed by atoms with Crippen LogP contribution in [0.5, 0.6) is 0 Å². The summed E-state index contributed by atoms with van der Waals surface area (Å²) in [5.41, 5.74) is 0. The molecule has 2 aliphatic heterocycles. The Balaban J connectivity index is 1.78. The number of amides is 1. The lowest BCUT2D eigenvalue weighted by atomic mass is 10.1. The van der Waals surface area contributed by atoms with Crippen molar-refractivity contribution in [3.8, 4) is 0 Å². The number of hydrogen-bond donors (Lipinski definition) is 1. The Morgan fingerprint density at radius 1 is 1.21 bits per heavy atom. The molecule has 0 saturated carbocycles. The standard InChI is InChI=1S/C14H27N3O2/c1-12(14(18)17-8-10-19-11-9-17)15-13-4-3-6-16(2)7-5-13/h12-13,15H,3-11H2,1-2H3. The summed E-state index contributed by atoms with van der Waals surface area (Å²) >= 11 is 0. The molecule has 2 rings (SSSR count). The van der Waals surface area contributed by atoms with Crippen LogP contribution in [0.4, 0.5) is 0 Å². The number of morpholine rings is 1. The fraction of sp³-hybridized carbons (Fsp3) is 0.929.